The zero-order valence-electron chi connectivity index (χ0n) is 21.8. The highest BCUT2D eigenvalue weighted by atomic mass is 16.5. The summed E-state index contributed by atoms with van der Waals surface area (Å²) in [4.78, 5) is 16.7. The molecule has 6 nitrogen and oxygen atoms in total. The third-order valence-electron chi connectivity index (χ3n) is 11.7. The number of benzene rings is 1. The highest BCUT2D eigenvalue weighted by Crippen LogP contribution is 2.81. The summed E-state index contributed by atoms with van der Waals surface area (Å²) in [6, 6.07) is 8.01. The number of nitrogens with one attached hydrogen (secondary N) is 1. The number of fused-ring (bicyclic) bond motifs is 3. The summed E-state index contributed by atoms with van der Waals surface area (Å²) in [6.07, 6.45) is 10.9. The van der Waals surface area contributed by atoms with E-state index in [4.69, 9.17) is 4.74 Å². The number of rotatable bonds is 2. The van der Waals surface area contributed by atoms with Crippen LogP contribution in [0.5, 0.6) is 0 Å². The molecule has 6 aliphatic rings. The number of ether oxygens (including phenoxy) is 1. The standard InChI is InChI=1S/C31H36N2O4/c1-28-9-8-21-22-14-30(22)27(36)26(35)23(33(2)3)15-29(30)10-11-31(21,37-29)24(28)7-6-20(28)18-5-4-17-13-25(34)32-16-19(17)12-18/h4-6,8,12-13,16,22-24,26-27,35-36H,7,9-11,14-15H2,1-3H3,(H,32,34)/t22?,23-,24?,26+,27-,28+,29+,30?,31+/m0/s1. The lowest BCUT2D eigenvalue weighted by Crippen LogP contribution is -2.67. The number of nitrogens with zero attached hydrogens (tertiary/aromatic N) is 1. The first-order valence-corrected chi connectivity index (χ1v) is 13.9. The van der Waals surface area contributed by atoms with Crippen LogP contribution < -0.4 is 5.56 Å². The van der Waals surface area contributed by atoms with E-state index in [1.165, 1.54) is 16.7 Å². The average Bonchev–Trinajstić information content (AvgIpc) is 3.40. The van der Waals surface area contributed by atoms with Crippen LogP contribution in [0.1, 0.15) is 51.0 Å². The number of H-pyrrole nitrogens is 1. The maximum Gasteiger partial charge on any atom is 0.248 e. The molecule has 2 saturated heterocycles. The van der Waals surface area contributed by atoms with Crippen LogP contribution in [0.3, 0.4) is 0 Å². The van der Waals surface area contributed by atoms with Gasteiger partial charge in [0.25, 0.3) is 0 Å². The highest BCUT2D eigenvalue weighted by Gasteiger charge is 2.84. The number of hydrogen-bond donors (Lipinski definition) is 3. The molecule has 2 aromatic rings. The summed E-state index contributed by atoms with van der Waals surface area (Å²) in [5.41, 5.74) is 2.95. The van der Waals surface area contributed by atoms with Crippen molar-refractivity contribution in [3.05, 3.63) is 64.1 Å². The lowest BCUT2D eigenvalue weighted by Gasteiger charge is -2.59. The van der Waals surface area contributed by atoms with Crippen LogP contribution in [0.15, 0.2) is 53.0 Å². The maximum absolute atomic E-state index is 11.8. The Morgan fingerprint density at radius 2 is 1.92 bits per heavy atom. The average molecular weight is 501 g/mol. The minimum Gasteiger partial charge on any atom is -0.390 e. The Kier molecular flexibility index (Phi) is 4.20. The molecule has 3 N–H and O–H groups in total. The summed E-state index contributed by atoms with van der Waals surface area (Å²) in [5, 5.41) is 24.6. The largest absolute Gasteiger partial charge is 0.390 e. The van der Waals surface area contributed by atoms with Gasteiger partial charge in [0.05, 0.1) is 23.4 Å². The van der Waals surface area contributed by atoms with Crippen LogP contribution in [0.25, 0.3) is 16.3 Å². The van der Waals surface area contributed by atoms with Crippen molar-refractivity contribution in [1.82, 2.24) is 9.88 Å². The molecule has 2 saturated carbocycles. The Hall–Kier alpha value is -2.25. The van der Waals surface area contributed by atoms with Gasteiger partial charge >= 0.3 is 0 Å². The molecule has 3 unspecified atom stereocenters. The SMILES string of the molecule is CN(C)[C@H]1C[C@@]23CC[C@@]4(O2)C(=CC[C@]2(C)C(c5ccc6cc(=O)[nH]cc6c5)=CCC24)C2CC23[C@@H](O)[C@@H]1O. The molecule has 4 fully saturated rings. The number of likely N-dealkylation sites (N-methyl/N-ethyl adjacent to an activating group) is 1. The number of aliphatic hydroxyl groups excluding tert-OH is 2. The minimum atomic E-state index is -0.745. The van der Waals surface area contributed by atoms with Crippen molar-refractivity contribution in [3.63, 3.8) is 0 Å². The van der Waals surface area contributed by atoms with Gasteiger partial charge in [0.2, 0.25) is 5.56 Å². The molecule has 3 heterocycles. The Morgan fingerprint density at radius 1 is 1.08 bits per heavy atom. The van der Waals surface area contributed by atoms with E-state index in [0.29, 0.717) is 11.8 Å². The number of aliphatic hydroxyl groups is 2. The summed E-state index contributed by atoms with van der Waals surface area (Å²) >= 11 is 0. The van der Waals surface area contributed by atoms with Gasteiger partial charge in [0, 0.05) is 35.1 Å². The lowest BCUT2D eigenvalue weighted by molar-refractivity contribution is -0.248. The van der Waals surface area contributed by atoms with Gasteiger partial charge in [-0.05, 0) is 92.1 Å². The first-order chi connectivity index (χ1) is 17.7. The fourth-order valence-corrected chi connectivity index (χ4v) is 9.96. The van der Waals surface area contributed by atoms with Crippen LogP contribution in [-0.4, -0.2) is 63.6 Å². The van der Waals surface area contributed by atoms with Gasteiger partial charge in [0.15, 0.2) is 0 Å². The monoisotopic (exact) mass is 500 g/mol. The molecule has 3 spiro atoms. The van der Waals surface area contributed by atoms with E-state index in [9.17, 15) is 15.0 Å². The molecule has 0 amide bonds. The number of hydrogen-bond acceptors (Lipinski definition) is 5. The van der Waals surface area contributed by atoms with Crippen LogP contribution in [0, 0.1) is 22.7 Å². The smallest absolute Gasteiger partial charge is 0.248 e. The quantitative estimate of drug-likeness (QED) is 0.549. The fourth-order valence-electron chi connectivity index (χ4n) is 9.96. The van der Waals surface area contributed by atoms with Gasteiger partial charge in [-0.3, -0.25) is 4.79 Å². The highest BCUT2D eigenvalue weighted by molar-refractivity contribution is 5.87. The second kappa shape index (κ2) is 6.84. The molecule has 4 aliphatic carbocycles. The van der Waals surface area contributed by atoms with Crippen molar-refractivity contribution < 1.29 is 14.9 Å². The number of allylic oxidation sites excluding steroid dienone is 3. The molecular formula is C31H36N2O4. The van der Waals surface area contributed by atoms with Crippen LogP contribution in [0.4, 0.5) is 0 Å². The van der Waals surface area contributed by atoms with Crippen LogP contribution in [-0.2, 0) is 4.74 Å². The summed E-state index contributed by atoms with van der Waals surface area (Å²) in [5.74, 6) is 0.684. The van der Waals surface area contributed by atoms with E-state index >= 15 is 0 Å². The minimum absolute atomic E-state index is 0.0342. The van der Waals surface area contributed by atoms with Crippen molar-refractivity contribution in [2.24, 2.45) is 22.7 Å². The lowest BCUT2D eigenvalue weighted by atomic mass is 9.57. The molecule has 1 aromatic carbocycles. The molecular weight excluding hydrogens is 464 g/mol. The Balaban J connectivity index is 1.20. The van der Waals surface area contributed by atoms with Crippen molar-refractivity contribution in [2.75, 3.05) is 14.1 Å². The molecule has 194 valence electrons. The van der Waals surface area contributed by atoms with Gasteiger partial charge in [-0.15, -0.1) is 0 Å². The van der Waals surface area contributed by atoms with E-state index in [0.717, 1.165) is 49.3 Å². The first-order valence-electron chi connectivity index (χ1n) is 13.9. The van der Waals surface area contributed by atoms with Crippen LogP contribution in [0.2, 0.25) is 0 Å². The van der Waals surface area contributed by atoms with Crippen molar-refractivity contribution >= 4 is 16.3 Å². The summed E-state index contributed by atoms with van der Waals surface area (Å²) in [7, 11) is 4.01. The van der Waals surface area contributed by atoms with Crippen molar-refractivity contribution in [1.29, 1.82) is 0 Å². The number of pyridine rings is 1. The first kappa shape index (κ1) is 22.7. The van der Waals surface area contributed by atoms with Gasteiger partial charge in [-0.25, -0.2) is 0 Å². The van der Waals surface area contributed by atoms with Gasteiger partial charge in [0.1, 0.15) is 0 Å². The van der Waals surface area contributed by atoms with Gasteiger partial charge < -0.3 is 24.8 Å². The second-order valence-corrected chi connectivity index (χ2v) is 13.3. The van der Waals surface area contributed by atoms with E-state index in [1.807, 2.05) is 20.3 Å². The molecule has 2 bridgehead atoms. The Morgan fingerprint density at radius 3 is 2.73 bits per heavy atom. The molecule has 2 aliphatic heterocycles. The molecule has 9 atom stereocenters. The zero-order valence-corrected chi connectivity index (χ0v) is 21.8. The molecule has 37 heavy (non-hydrogen) atoms. The third-order valence-corrected chi connectivity index (χ3v) is 11.7. The van der Waals surface area contributed by atoms with E-state index in [-0.39, 0.29) is 33.6 Å². The summed E-state index contributed by atoms with van der Waals surface area (Å²) < 4.78 is 7.43. The van der Waals surface area contributed by atoms with E-state index < -0.39 is 12.2 Å². The van der Waals surface area contributed by atoms with Crippen molar-refractivity contribution in [3.8, 4) is 0 Å². The third kappa shape index (κ3) is 2.50. The van der Waals surface area contributed by atoms with Gasteiger partial charge in [-0.2, -0.15) is 0 Å². The second-order valence-electron chi connectivity index (χ2n) is 13.3. The van der Waals surface area contributed by atoms with E-state index in [1.54, 1.807) is 6.07 Å². The fraction of sp³-hybridized carbons (Fsp3) is 0.581. The van der Waals surface area contributed by atoms with E-state index in [2.05, 4.69) is 47.2 Å². The molecule has 1 aromatic heterocycles. The summed E-state index contributed by atoms with van der Waals surface area (Å²) in [6.45, 7) is 2.42. The van der Waals surface area contributed by atoms with Crippen molar-refractivity contribution in [2.45, 2.75) is 74.9 Å². The predicted octanol–water partition coefficient (Wildman–Crippen LogP) is 3.63. The molecule has 8 rings (SSSR count). The van der Waals surface area contributed by atoms with Gasteiger partial charge in [-0.1, -0.05) is 31.2 Å². The zero-order chi connectivity index (χ0) is 25.5. The van der Waals surface area contributed by atoms with Crippen LogP contribution >= 0.6 is 0 Å². The predicted molar refractivity (Wildman–Crippen MR) is 142 cm³/mol. The molecule has 0 radical (unpaired) electrons. The molecule has 6 heteroatoms. The maximum atomic E-state index is 11.8. The Labute approximate surface area is 217 Å². The topological polar surface area (TPSA) is 85.8 Å². The number of aromatic amines is 1. The Bertz CT molecular complexity index is 1480. The normalized spacial score (nSPS) is 47.1. The number of aromatic nitrogens is 1.